The number of unbranched alkanes of at least 4 members (excludes halogenated alkanes) is 38. The molecule has 0 aliphatic rings. The van der Waals surface area contributed by atoms with Crippen molar-refractivity contribution < 1.29 is 20.1 Å². The van der Waals surface area contributed by atoms with E-state index in [4.69, 9.17) is 0 Å². The normalized spacial score (nSPS) is 13.5. The molecular formula is C54H105NO4. The Hall–Kier alpha value is -1.17. The molecule has 3 unspecified atom stereocenters. The molecule has 59 heavy (non-hydrogen) atoms. The Morgan fingerprint density at radius 3 is 1.03 bits per heavy atom. The first-order valence-electron chi connectivity index (χ1n) is 26.6. The number of aliphatic hydroxyl groups excluding tert-OH is 3. The Morgan fingerprint density at radius 2 is 0.712 bits per heavy atom. The monoisotopic (exact) mass is 832 g/mol. The summed E-state index contributed by atoms with van der Waals surface area (Å²) in [7, 11) is 0. The molecule has 0 saturated heterocycles. The fraction of sp³-hybridized carbons (Fsp3) is 0.907. The van der Waals surface area contributed by atoms with Crippen molar-refractivity contribution >= 4 is 5.91 Å². The first kappa shape index (κ1) is 57.8. The molecule has 5 heteroatoms. The highest BCUT2D eigenvalue weighted by atomic mass is 16.3. The van der Waals surface area contributed by atoms with Gasteiger partial charge in [-0.1, -0.05) is 263 Å². The number of aliphatic hydroxyl groups is 3. The second kappa shape index (κ2) is 49.5. The minimum atomic E-state index is -0.925. The number of allylic oxidation sites excluding steroid dienone is 3. The average Bonchev–Trinajstić information content (AvgIpc) is 3.23. The van der Waals surface area contributed by atoms with Crippen molar-refractivity contribution in [2.75, 3.05) is 6.61 Å². The van der Waals surface area contributed by atoms with Crippen LogP contribution in [0, 0.1) is 0 Å². The van der Waals surface area contributed by atoms with E-state index in [-0.39, 0.29) is 18.9 Å². The second-order valence-corrected chi connectivity index (χ2v) is 18.5. The summed E-state index contributed by atoms with van der Waals surface area (Å²) in [6, 6.07) is -0.741. The van der Waals surface area contributed by atoms with Gasteiger partial charge in [0.05, 0.1) is 31.3 Å². The molecule has 0 aliphatic carbocycles. The third-order valence-corrected chi connectivity index (χ3v) is 12.5. The van der Waals surface area contributed by atoms with E-state index >= 15 is 0 Å². The summed E-state index contributed by atoms with van der Waals surface area (Å²) < 4.78 is 0. The van der Waals surface area contributed by atoms with E-state index in [1.165, 1.54) is 238 Å². The maximum atomic E-state index is 12.4. The van der Waals surface area contributed by atoms with Gasteiger partial charge < -0.3 is 20.6 Å². The molecule has 0 aromatic carbocycles. The molecule has 5 nitrogen and oxygen atoms in total. The number of nitrogens with one attached hydrogen (secondary N) is 1. The summed E-state index contributed by atoms with van der Waals surface area (Å²) in [5.41, 5.74) is 0. The zero-order valence-corrected chi connectivity index (χ0v) is 39.9. The van der Waals surface area contributed by atoms with Gasteiger partial charge in [-0.15, -0.1) is 0 Å². The van der Waals surface area contributed by atoms with Crippen LogP contribution in [0.3, 0.4) is 0 Å². The molecule has 4 N–H and O–H groups in total. The van der Waals surface area contributed by atoms with Crippen LogP contribution >= 0.6 is 0 Å². The van der Waals surface area contributed by atoms with Gasteiger partial charge in [-0.05, 0) is 44.9 Å². The minimum Gasteiger partial charge on any atom is -0.394 e. The van der Waals surface area contributed by atoms with E-state index in [2.05, 4.69) is 31.3 Å². The van der Waals surface area contributed by atoms with E-state index < -0.39 is 18.2 Å². The Labute approximate surface area is 369 Å². The third kappa shape index (κ3) is 46.2. The number of carbonyl (C=O) groups excluding carboxylic acids is 1. The van der Waals surface area contributed by atoms with Gasteiger partial charge in [0.2, 0.25) is 5.91 Å². The lowest BCUT2D eigenvalue weighted by molar-refractivity contribution is -0.124. The van der Waals surface area contributed by atoms with Crippen molar-refractivity contribution in [2.24, 2.45) is 0 Å². The number of carbonyl (C=O) groups is 1. The van der Waals surface area contributed by atoms with Gasteiger partial charge in [0.15, 0.2) is 0 Å². The van der Waals surface area contributed by atoms with Gasteiger partial charge in [-0.3, -0.25) is 4.79 Å². The maximum Gasteiger partial charge on any atom is 0.222 e. The SMILES string of the molecule is CCCCCCCCCCC/C=C/C(O)C(CO)NC(=O)CC(O)CCCCCCCCCCCCCCCCC/C=C\CCCCCCCCCCCCCCCC. The summed E-state index contributed by atoms with van der Waals surface area (Å²) in [6.07, 6.45) is 62.3. The topological polar surface area (TPSA) is 89.8 Å². The van der Waals surface area contributed by atoms with Crippen LogP contribution in [0.4, 0.5) is 0 Å². The van der Waals surface area contributed by atoms with Crippen molar-refractivity contribution in [3.8, 4) is 0 Å². The fourth-order valence-electron chi connectivity index (χ4n) is 8.40. The molecule has 0 aromatic rings. The Kier molecular flexibility index (Phi) is 48.5. The van der Waals surface area contributed by atoms with E-state index in [1.807, 2.05) is 6.08 Å². The number of rotatable bonds is 49. The first-order chi connectivity index (χ1) is 29.0. The van der Waals surface area contributed by atoms with Crippen LogP contribution in [-0.2, 0) is 4.79 Å². The minimum absolute atomic E-state index is 0.0165. The Balaban J connectivity index is 3.47. The average molecular weight is 832 g/mol. The van der Waals surface area contributed by atoms with Gasteiger partial charge in [0.25, 0.3) is 0 Å². The predicted molar refractivity (Wildman–Crippen MR) is 259 cm³/mol. The van der Waals surface area contributed by atoms with Gasteiger partial charge in [0, 0.05) is 0 Å². The first-order valence-corrected chi connectivity index (χ1v) is 26.6. The molecule has 0 aromatic heterocycles. The van der Waals surface area contributed by atoms with Crippen LogP contribution in [-0.4, -0.2) is 46.1 Å². The van der Waals surface area contributed by atoms with Crippen LogP contribution in [0.25, 0.3) is 0 Å². The molecule has 0 bridgehead atoms. The zero-order chi connectivity index (χ0) is 43.0. The zero-order valence-electron chi connectivity index (χ0n) is 39.9. The number of hydrogen-bond donors (Lipinski definition) is 4. The molecule has 350 valence electrons. The molecule has 0 rings (SSSR count). The fourth-order valence-corrected chi connectivity index (χ4v) is 8.40. The van der Waals surface area contributed by atoms with Gasteiger partial charge in [-0.2, -0.15) is 0 Å². The molecule has 0 fully saturated rings. The van der Waals surface area contributed by atoms with E-state index in [0.29, 0.717) is 6.42 Å². The van der Waals surface area contributed by atoms with Crippen molar-refractivity contribution in [3.63, 3.8) is 0 Å². The molecule has 1 amide bonds. The third-order valence-electron chi connectivity index (χ3n) is 12.5. The summed E-state index contributed by atoms with van der Waals surface area (Å²) in [4.78, 5) is 12.4. The largest absolute Gasteiger partial charge is 0.394 e. The Morgan fingerprint density at radius 1 is 0.424 bits per heavy atom. The van der Waals surface area contributed by atoms with Crippen molar-refractivity contribution in [1.29, 1.82) is 0 Å². The predicted octanol–water partition coefficient (Wildman–Crippen LogP) is 16.1. The highest BCUT2D eigenvalue weighted by Crippen LogP contribution is 2.17. The molecule has 0 heterocycles. The van der Waals surface area contributed by atoms with E-state index in [9.17, 15) is 20.1 Å². The van der Waals surface area contributed by atoms with Gasteiger partial charge in [-0.25, -0.2) is 0 Å². The number of amides is 1. The summed E-state index contributed by atoms with van der Waals surface area (Å²) in [5, 5.41) is 33.2. The second-order valence-electron chi connectivity index (χ2n) is 18.5. The molecule has 0 radical (unpaired) electrons. The quantitative estimate of drug-likeness (QED) is 0.0363. The van der Waals surface area contributed by atoms with Crippen LogP contribution in [0.2, 0.25) is 0 Å². The smallest absolute Gasteiger partial charge is 0.222 e. The van der Waals surface area contributed by atoms with Crippen LogP contribution in [0.15, 0.2) is 24.3 Å². The van der Waals surface area contributed by atoms with Crippen molar-refractivity contribution in [1.82, 2.24) is 5.32 Å². The lowest BCUT2D eigenvalue weighted by atomic mass is 10.0. The van der Waals surface area contributed by atoms with Crippen molar-refractivity contribution in [3.05, 3.63) is 24.3 Å². The number of hydrogen-bond acceptors (Lipinski definition) is 4. The molecule has 0 aliphatic heterocycles. The molecule has 0 saturated carbocycles. The highest BCUT2D eigenvalue weighted by molar-refractivity contribution is 5.76. The van der Waals surface area contributed by atoms with Gasteiger partial charge in [0.1, 0.15) is 0 Å². The lowest BCUT2D eigenvalue weighted by Crippen LogP contribution is -2.45. The van der Waals surface area contributed by atoms with Crippen LogP contribution in [0.5, 0.6) is 0 Å². The summed E-state index contributed by atoms with van der Waals surface area (Å²) in [6.45, 7) is 4.22. The van der Waals surface area contributed by atoms with Crippen molar-refractivity contribution in [2.45, 2.75) is 308 Å². The van der Waals surface area contributed by atoms with Crippen LogP contribution in [0.1, 0.15) is 290 Å². The van der Waals surface area contributed by atoms with Gasteiger partial charge >= 0.3 is 0 Å². The molecule has 3 atom stereocenters. The highest BCUT2D eigenvalue weighted by Gasteiger charge is 2.20. The molecule has 0 spiro atoms. The standard InChI is InChI=1S/C54H105NO4/c1-3-5-7-9-11-13-15-16-17-18-19-20-21-22-23-24-25-26-27-28-29-30-31-32-33-34-35-36-38-39-41-43-45-47-51(57)49-54(59)55-52(50-56)53(58)48-46-44-42-40-37-14-12-10-8-6-4-2/h24-25,46,48,51-53,56-58H,3-23,26-45,47,49-50H2,1-2H3,(H,55,59)/b25-24-,48-46+. The Bertz CT molecular complexity index is 874. The maximum absolute atomic E-state index is 12.4. The lowest BCUT2D eigenvalue weighted by Gasteiger charge is -2.21. The van der Waals surface area contributed by atoms with E-state index in [0.717, 1.165) is 25.7 Å². The van der Waals surface area contributed by atoms with E-state index in [1.54, 1.807) is 6.08 Å². The molecular weight excluding hydrogens is 727 g/mol. The summed E-state index contributed by atoms with van der Waals surface area (Å²) in [5.74, 6) is -0.313. The van der Waals surface area contributed by atoms with Crippen LogP contribution < -0.4 is 5.32 Å². The summed E-state index contributed by atoms with van der Waals surface area (Å²) >= 11 is 0.